The summed E-state index contributed by atoms with van der Waals surface area (Å²) in [5, 5.41) is 3.08. The smallest absolute Gasteiger partial charge is 0.242 e. The van der Waals surface area contributed by atoms with Gasteiger partial charge in [0.2, 0.25) is 10.0 Å². The third kappa shape index (κ3) is 2.27. The summed E-state index contributed by atoms with van der Waals surface area (Å²) < 4.78 is 31.6. The maximum Gasteiger partial charge on any atom is 0.242 e. The van der Waals surface area contributed by atoms with E-state index in [-0.39, 0.29) is 17.0 Å². The van der Waals surface area contributed by atoms with E-state index < -0.39 is 10.0 Å². The zero-order chi connectivity index (χ0) is 11.6. The number of rotatable bonds is 4. The Labute approximate surface area is 94.4 Å². The van der Waals surface area contributed by atoms with Gasteiger partial charge in [-0.05, 0) is 6.07 Å². The molecular formula is C9H15N3O3S. The number of hydrogen-bond acceptors (Lipinski definition) is 4. The molecule has 7 heteroatoms. The molecule has 0 spiro atoms. The minimum Gasteiger partial charge on any atom is -0.378 e. The lowest BCUT2D eigenvalue weighted by molar-refractivity contribution is 0.103. The van der Waals surface area contributed by atoms with Gasteiger partial charge in [-0.15, -0.1) is 0 Å². The molecular weight excluding hydrogens is 230 g/mol. The fourth-order valence-electron chi connectivity index (χ4n) is 1.76. The summed E-state index contributed by atoms with van der Waals surface area (Å²) in [6, 6.07) is 1.30. The molecule has 0 saturated carbocycles. The van der Waals surface area contributed by atoms with E-state index in [4.69, 9.17) is 4.74 Å². The lowest BCUT2D eigenvalue weighted by Gasteiger charge is -2.17. The molecule has 1 aromatic rings. The van der Waals surface area contributed by atoms with Gasteiger partial charge < -0.3 is 15.0 Å². The van der Waals surface area contributed by atoms with Gasteiger partial charge in [-0.1, -0.05) is 0 Å². The second kappa shape index (κ2) is 4.54. The Morgan fingerprint density at radius 2 is 2.31 bits per heavy atom. The van der Waals surface area contributed by atoms with E-state index in [1.54, 1.807) is 13.3 Å². The Morgan fingerprint density at radius 1 is 1.50 bits per heavy atom. The van der Waals surface area contributed by atoms with Crippen molar-refractivity contribution in [1.82, 2.24) is 15.0 Å². The number of aromatic amines is 1. The van der Waals surface area contributed by atoms with E-state index >= 15 is 0 Å². The third-order valence-electron chi connectivity index (χ3n) is 2.65. The summed E-state index contributed by atoms with van der Waals surface area (Å²) in [6.45, 7) is 1.25. The van der Waals surface area contributed by atoms with E-state index in [2.05, 4.69) is 15.0 Å². The van der Waals surface area contributed by atoms with Crippen LogP contribution < -0.4 is 10.0 Å². The molecule has 6 nitrogen and oxygen atoms in total. The Balaban J connectivity index is 2.10. The number of aromatic nitrogens is 1. The first kappa shape index (κ1) is 11.6. The SMILES string of the molecule is CO[C@H]1CNCC1NS(=O)(=O)c1cc[nH]c1. The number of hydrogen-bond donors (Lipinski definition) is 3. The highest BCUT2D eigenvalue weighted by molar-refractivity contribution is 7.89. The molecule has 1 aliphatic rings. The summed E-state index contributed by atoms with van der Waals surface area (Å²) >= 11 is 0. The monoisotopic (exact) mass is 245 g/mol. The fraction of sp³-hybridized carbons (Fsp3) is 0.556. The van der Waals surface area contributed by atoms with Crippen LogP contribution in [0.4, 0.5) is 0 Å². The van der Waals surface area contributed by atoms with Crippen LogP contribution in [0.3, 0.4) is 0 Å². The molecule has 1 saturated heterocycles. The van der Waals surface area contributed by atoms with E-state index in [1.807, 2.05) is 0 Å². The van der Waals surface area contributed by atoms with Crippen molar-refractivity contribution in [1.29, 1.82) is 0 Å². The van der Waals surface area contributed by atoms with Crippen molar-refractivity contribution >= 4 is 10.0 Å². The Kier molecular flexibility index (Phi) is 3.29. The van der Waals surface area contributed by atoms with E-state index in [0.717, 1.165) is 0 Å². The molecule has 0 aliphatic carbocycles. The fourth-order valence-corrected chi connectivity index (χ4v) is 3.00. The van der Waals surface area contributed by atoms with Crippen LogP contribution in [0.2, 0.25) is 0 Å². The van der Waals surface area contributed by atoms with E-state index in [1.165, 1.54) is 12.3 Å². The van der Waals surface area contributed by atoms with Gasteiger partial charge in [-0.25, -0.2) is 13.1 Å². The first-order chi connectivity index (χ1) is 7.63. The van der Waals surface area contributed by atoms with Crippen molar-refractivity contribution in [3.63, 3.8) is 0 Å². The number of sulfonamides is 1. The third-order valence-corrected chi connectivity index (χ3v) is 4.14. The molecule has 2 heterocycles. The van der Waals surface area contributed by atoms with Crippen molar-refractivity contribution in [3.05, 3.63) is 18.5 Å². The van der Waals surface area contributed by atoms with Gasteiger partial charge in [0, 0.05) is 32.6 Å². The second-order valence-electron chi connectivity index (χ2n) is 3.71. The molecule has 0 radical (unpaired) electrons. The number of nitrogens with one attached hydrogen (secondary N) is 3. The topological polar surface area (TPSA) is 83.2 Å². The van der Waals surface area contributed by atoms with Crippen LogP contribution in [-0.4, -0.2) is 45.7 Å². The number of H-pyrrole nitrogens is 1. The lowest BCUT2D eigenvalue weighted by Crippen LogP contribution is -2.43. The quantitative estimate of drug-likeness (QED) is 0.654. The van der Waals surface area contributed by atoms with Crippen molar-refractivity contribution in [3.8, 4) is 0 Å². The van der Waals surface area contributed by atoms with Gasteiger partial charge in [0.15, 0.2) is 0 Å². The Hall–Kier alpha value is -0.890. The molecule has 1 aromatic heterocycles. The molecule has 0 aromatic carbocycles. The van der Waals surface area contributed by atoms with Gasteiger partial charge in [0.25, 0.3) is 0 Å². The molecule has 1 fully saturated rings. The van der Waals surface area contributed by atoms with Crippen LogP contribution in [0, 0.1) is 0 Å². The molecule has 3 N–H and O–H groups in total. The van der Waals surface area contributed by atoms with Crippen molar-refractivity contribution in [2.75, 3.05) is 20.2 Å². The highest BCUT2D eigenvalue weighted by Gasteiger charge is 2.31. The molecule has 1 aliphatic heterocycles. The predicted molar refractivity (Wildman–Crippen MR) is 58.6 cm³/mol. The minimum atomic E-state index is -3.44. The van der Waals surface area contributed by atoms with Crippen LogP contribution >= 0.6 is 0 Å². The average molecular weight is 245 g/mol. The van der Waals surface area contributed by atoms with Crippen LogP contribution in [0.5, 0.6) is 0 Å². The van der Waals surface area contributed by atoms with Crippen molar-refractivity contribution < 1.29 is 13.2 Å². The zero-order valence-electron chi connectivity index (χ0n) is 8.93. The van der Waals surface area contributed by atoms with Crippen molar-refractivity contribution in [2.24, 2.45) is 0 Å². The summed E-state index contributed by atoms with van der Waals surface area (Å²) in [5.74, 6) is 0. The largest absolute Gasteiger partial charge is 0.378 e. The van der Waals surface area contributed by atoms with Gasteiger partial charge in [-0.3, -0.25) is 0 Å². The molecule has 2 atom stereocenters. The van der Waals surface area contributed by atoms with Gasteiger partial charge in [-0.2, -0.15) is 0 Å². The highest BCUT2D eigenvalue weighted by atomic mass is 32.2. The van der Waals surface area contributed by atoms with Crippen LogP contribution in [0.25, 0.3) is 0 Å². The van der Waals surface area contributed by atoms with Crippen molar-refractivity contribution in [2.45, 2.75) is 17.0 Å². The van der Waals surface area contributed by atoms with Gasteiger partial charge in [0.1, 0.15) is 0 Å². The number of ether oxygens (including phenoxy) is 1. The summed E-state index contributed by atoms with van der Waals surface area (Å²) in [6.07, 6.45) is 2.91. The molecule has 1 unspecified atom stereocenters. The Morgan fingerprint density at radius 3 is 2.94 bits per heavy atom. The van der Waals surface area contributed by atoms with Crippen LogP contribution in [0.1, 0.15) is 0 Å². The lowest BCUT2D eigenvalue weighted by atomic mass is 10.2. The normalized spacial score (nSPS) is 26.1. The summed E-state index contributed by atoms with van der Waals surface area (Å²) in [7, 11) is -1.87. The maximum atomic E-state index is 11.9. The van der Waals surface area contributed by atoms with Crippen LogP contribution in [-0.2, 0) is 14.8 Å². The Bertz CT molecular complexity index is 429. The standard InChI is InChI=1S/C9H15N3O3S/c1-15-9-6-11-5-8(9)12-16(13,14)7-2-3-10-4-7/h2-4,8-12H,5-6H2,1H3/t8?,9-/m0/s1. The van der Waals surface area contributed by atoms with E-state index in [9.17, 15) is 8.42 Å². The summed E-state index contributed by atoms with van der Waals surface area (Å²) in [5.41, 5.74) is 0. The highest BCUT2D eigenvalue weighted by Crippen LogP contribution is 2.11. The first-order valence-electron chi connectivity index (χ1n) is 5.02. The second-order valence-corrected chi connectivity index (χ2v) is 5.42. The molecule has 0 amide bonds. The molecule has 2 rings (SSSR count). The summed E-state index contributed by atoms with van der Waals surface area (Å²) in [4.78, 5) is 2.96. The van der Waals surface area contributed by atoms with Gasteiger partial charge >= 0.3 is 0 Å². The predicted octanol–water partition coefficient (Wildman–Crippen LogP) is -0.720. The first-order valence-corrected chi connectivity index (χ1v) is 6.50. The van der Waals surface area contributed by atoms with Gasteiger partial charge in [0.05, 0.1) is 17.0 Å². The molecule has 90 valence electrons. The molecule has 0 bridgehead atoms. The minimum absolute atomic E-state index is 0.117. The average Bonchev–Trinajstić information content (AvgIpc) is 2.86. The maximum absolute atomic E-state index is 11.9. The molecule has 16 heavy (non-hydrogen) atoms. The van der Waals surface area contributed by atoms with Crippen LogP contribution in [0.15, 0.2) is 23.4 Å². The van der Waals surface area contributed by atoms with E-state index in [0.29, 0.717) is 13.1 Å². The number of methoxy groups -OCH3 is 1. The zero-order valence-corrected chi connectivity index (χ0v) is 9.75.